The second kappa shape index (κ2) is 3.19. The van der Waals surface area contributed by atoms with E-state index in [9.17, 15) is 26.4 Å². The van der Waals surface area contributed by atoms with Gasteiger partial charge in [0.05, 0.1) is 6.10 Å². The molecule has 2 aliphatic rings. The number of hydrogen-bond donors (Lipinski definition) is 0. The molecule has 0 heterocycles. The van der Waals surface area contributed by atoms with Crippen LogP contribution in [0, 0.1) is 5.41 Å². The van der Waals surface area contributed by atoms with Gasteiger partial charge >= 0.3 is 15.6 Å². The maximum absolute atomic E-state index is 11.9. The van der Waals surface area contributed by atoms with Gasteiger partial charge in [0.2, 0.25) is 0 Å². The van der Waals surface area contributed by atoms with Crippen molar-refractivity contribution in [2.75, 3.05) is 0 Å². The van der Waals surface area contributed by atoms with Crippen LogP contribution in [0.1, 0.15) is 25.7 Å². The molecule has 0 aromatic heterocycles. The largest absolute Gasteiger partial charge is 0.523 e. The number of Topliss-reactive ketones (excluding diaryl/α,β-unsaturated/α-hetero) is 1. The summed E-state index contributed by atoms with van der Waals surface area (Å²) in [5, 5.41) is 0. The van der Waals surface area contributed by atoms with Crippen LogP contribution in [0.15, 0.2) is 0 Å². The van der Waals surface area contributed by atoms with Gasteiger partial charge < -0.3 is 0 Å². The first-order valence-corrected chi connectivity index (χ1v) is 6.06. The minimum Gasteiger partial charge on any atom is -0.300 e. The summed E-state index contributed by atoms with van der Waals surface area (Å²) in [6, 6.07) is 0. The number of carbonyl (C=O) groups excluding carboxylic acids is 1. The second-order valence-corrected chi connectivity index (χ2v) is 5.98. The molecule has 0 unspecified atom stereocenters. The van der Waals surface area contributed by atoms with Crippen LogP contribution in [0.25, 0.3) is 0 Å². The predicted molar refractivity (Wildman–Crippen MR) is 45.8 cm³/mol. The van der Waals surface area contributed by atoms with Gasteiger partial charge in [-0.15, -0.1) is 0 Å². The monoisotopic (exact) mass is 258 g/mol. The van der Waals surface area contributed by atoms with Crippen molar-refractivity contribution in [1.82, 2.24) is 0 Å². The van der Waals surface area contributed by atoms with Crippen LogP contribution in [0.3, 0.4) is 0 Å². The lowest BCUT2D eigenvalue weighted by Gasteiger charge is -2.51. The quantitative estimate of drug-likeness (QED) is 0.554. The van der Waals surface area contributed by atoms with Crippen molar-refractivity contribution >= 4 is 15.9 Å². The van der Waals surface area contributed by atoms with Gasteiger partial charge in [0.1, 0.15) is 5.78 Å². The first-order valence-electron chi connectivity index (χ1n) is 4.65. The van der Waals surface area contributed by atoms with Gasteiger partial charge in [-0.1, -0.05) is 0 Å². The Kier molecular flexibility index (Phi) is 2.36. The lowest BCUT2D eigenvalue weighted by atomic mass is 9.54. The number of carbonyl (C=O) groups is 1. The van der Waals surface area contributed by atoms with Crippen molar-refractivity contribution in [1.29, 1.82) is 0 Å². The molecule has 0 aliphatic heterocycles. The molecule has 0 bridgehead atoms. The standard InChI is InChI=1S/C8H9F3O4S/c9-8(10,11)16(13,14)15-6-3-7(4-6)1-5(12)2-7/h6H,1-4H2. The molecule has 1 spiro atoms. The van der Waals surface area contributed by atoms with Gasteiger partial charge in [-0.3, -0.25) is 8.98 Å². The summed E-state index contributed by atoms with van der Waals surface area (Å²) < 4.78 is 61.1. The van der Waals surface area contributed by atoms with E-state index < -0.39 is 21.7 Å². The molecule has 8 heteroatoms. The van der Waals surface area contributed by atoms with Crippen molar-refractivity contribution < 1.29 is 30.6 Å². The van der Waals surface area contributed by atoms with Crippen molar-refractivity contribution in [2.45, 2.75) is 37.3 Å². The SMILES string of the molecule is O=C1CC2(C1)CC(OS(=O)(=O)C(F)(F)F)C2. The van der Waals surface area contributed by atoms with Crippen LogP contribution in [-0.4, -0.2) is 25.8 Å². The lowest BCUT2D eigenvalue weighted by molar-refractivity contribution is -0.146. The zero-order valence-corrected chi connectivity index (χ0v) is 8.90. The highest BCUT2D eigenvalue weighted by molar-refractivity contribution is 7.87. The first kappa shape index (κ1) is 11.8. The van der Waals surface area contributed by atoms with Crippen molar-refractivity contribution in [3.8, 4) is 0 Å². The molecule has 4 nitrogen and oxygen atoms in total. The average Bonchev–Trinajstić information content (AvgIpc) is 1.94. The average molecular weight is 258 g/mol. The Hall–Kier alpha value is -0.630. The van der Waals surface area contributed by atoms with E-state index in [0.717, 1.165) is 0 Å². The van der Waals surface area contributed by atoms with Gasteiger partial charge in [-0.2, -0.15) is 21.6 Å². The highest BCUT2D eigenvalue weighted by atomic mass is 32.2. The third-order valence-electron chi connectivity index (χ3n) is 3.01. The van der Waals surface area contributed by atoms with Crippen LogP contribution in [0.5, 0.6) is 0 Å². The Morgan fingerprint density at radius 3 is 2.12 bits per heavy atom. The maximum atomic E-state index is 11.9. The molecule has 92 valence electrons. The zero-order chi connectivity index (χ0) is 12.2. The van der Waals surface area contributed by atoms with Crippen LogP contribution in [0.2, 0.25) is 0 Å². The molecule has 0 N–H and O–H groups in total. The molecule has 2 saturated carbocycles. The summed E-state index contributed by atoms with van der Waals surface area (Å²) in [7, 11) is -5.49. The Labute approximate surface area is 89.9 Å². The normalized spacial score (nSPS) is 25.3. The fraction of sp³-hybridized carbons (Fsp3) is 0.875. The fourth-order valence-electron chi connectivity index (χ4n) is 2.28. The molecular formula is C8H9F3O4S. The Bertz CT molecular complexity index is 409. The summed E-state index contributed by atoms with van der Waals surface area (Å²) in [5.41, 5.74) is -5.64. The number of hydrogen-bond acceptors (Lipinski definition) is 4. The zero-order valence-electron chi connectivity index (χ0n) is 8.08. The third-order valence-corrected chi connectivity index (χ3v) is 4.10. The minimum atomic E-state index is -5.49. The van der Waals surface area contributed by atoms with E-state index >= 15 is 0 Å². The van der Waals surface area contributed by atoms with Crippen molar-refractivity contribution in [3.05, 3.63) is 0 Å². The smallest absolute Gasteiger partial charge is 0.300 e. The summed E-state index contributed by atoms with van der Waals surface area (Å²) in [6.07, 6.45) is 0.166. The van der Waals surface area contributed by atoms with Crippen LogP contribution < -0.4 is 0 Å². The molecule has 16 heavy (non-hydrogen) atoms. The summed E-state index contributed by atoms with van der Waals surface area (Å²) in [6.45, 7) is 0. The van der Waals surface area contributed by atoms with E-state index in [2.05, 4.69) is 4.18 Å². The van der Waals surface area contributed by atoms with E-state index in [4.69, 9.17) is 0 Å². The van der Waals surface area contributed by atoms with E-state index in [-0.39, 0.29) is 24.0 Å². The van der Waals surface area contributed by atoms with Crippen LogP contribution in [0.4, 0.5) is 13.2 Å². The maximum Gasteiger partial charge on any atom is 0.523 e. The van der Waals surface area contributed by atoms with Crippen LogP contribution in [-0.2, 0) is 19.1 Å². The fourth-order valence-corrected chi connectivity index (χ4v) is 2.88. The molecule has 2 fully saturated rings. The Morgan fingerprint density at radius 2 is 1.75 bits per heavy atom. The lowest BCUT2D eigenvalue weighted by Crippen LogP contribution is -2.52. The van der Waals surface area contributed by atoms with Gasteiger partial charge in [0, 0.05) is 12.8 Å². The minimum absolute atomic E-state index is 0.0668. The summed E-state index contributed by atoms with van der Waals surface area (Å²) in [4.78, 5) is 10.7. The number of ketones is 1. The molecule has 0 atom stereocenters. The molecule has 0 radical (unpaired) electrons. The highest BCUT2D eigenvalue weighted by Gasteiger charge is 2.57. The molecule has 0 aromatic rings. The molecule has 0 saturated heterocycles. The third kappa shape index (κ3) is 1.84. The van der Waals surface area contributed by atoms with Gasteiger partial charge in [-0.25, -0.2) is 0 Å². The van der Waals surface area contributed by atoms with E-state index in [1.807, 2.05) is 0 Å². The molecular weight excluding hydrogens is 249 g/mol. The predicted octanol–water partition coefficient (Wildman–Crippen LogP) is 1.36. The summed E-state index contributed by atoms with van der Waals surface area (Å²) >= 11 is 0. The van der Waals surface area contributed by atoms with Crippen LogP contribution >= 0.6 is 0 Å². The van der Waals surface area contributed by atoms with E-state index in [1.165, 1.54) is 0 Å². The topological polar surface area (TPSA) is 60.4 Å². The second-order valence-electron chi connectivity index (χ2n) is 4.42. The number of halogens is 3. The van der Waals surface area contributed by atoms with Crippen molar-refractivity contribution in [2.24, 2.45) is 5.41 Å². The highest BCUT2D eigenvalue weighted by Crippen LogP contribution is 2.55. The van der Waals surface area contributed by atoms with Gasteiger partial charge in [-0.05, 0) is 18.3 Å². The molecule has 0 amide bonds. The van der Waals surface area contributed by atoms with E-state index in [0.29, 0.717) is 12.8 Å². The Morgan fingerprint density at radius 1 is 1.25 bits per heavy atom. The molecule has 0 aromatic carbocycles. The molecule has 2 aliphatic carbocycles. The molecule has 2 rings (SSSR count). The first-order chi connectivity index (χ1) is 7.14. The van der Waals surface area contributed by atoms with E-state index in [1.54, 1.807) is 0 Å². The van der Waals surface area contributed by atoms with Crippen molar-refractivity contribution in [3.63, 3.8) is 0 Å². The Balaban J connectivity index is 1.89. The number of rotatable bonds is 2. The van der Waals surface area contributed by atoms with Gasteiger partial charge in [0.15, 0.2) is 0 Å². The van der Waals surface area contributed by atoms with Gasteiger partial charge in [0.25, 0.3) is 0 Å². The number of alkyl halides is 3. The summed E-state index contributed by atoms with van der Waals surface area (Å²) in [5.74, 6) is 0.0668.